The van der Waals surface area contributed by atoms with Crippen LogP contribution in [0.25, 0.3) is 0 Å². The molecular formula is C21H22ClN5O4. The third kappa shape index (κ3) is 4.05. The Morgan fingerprint density at radius 2 is 2.00 bits per heavy atom. The summed E-state index contributed by atoms with van der Waals surface area (Å²) in [7, 11) is 1.58. The Balaban J connectivity index is 1.67. The zero-order valence-corrected chi connectivity index (χ0v) is 18.2. The molecule has 10 heteroatoms. The van der Waals surface area contributed by atoms with Gasteiger partial charge in [0, 0.05) is 29.9 Å². The standard InChI is InChI=1S/C21H22ClN5O4/c1-10(2)13-7-17(26-27(3)21(13)30)31-18-12-6-4-5-11(12)15(8-14(18)22)24-20(29)19-23-9-16(28)25-19/h7-8,10H,4-6,9H2,1-3H3,(H,24,29)(H,23,25,28). The molecular weight excluding hydrogens is 422 g/mol. The van der Waals surface area contributed by atoms with E-state index in [1.54, 1.807) is 19.2 Å². The first kappa shape index (κ1) is 21.0. The number of amides is 2. The third-order valence-electron chi connectivity index (χ3n) is 5.30. The van der Waals surface area contributed by atoms with Gasteiger partial charge >= 0.3 is 0 Å². The zero-order chi connectivity index (χ0) is 22.3. The maximum atomic E-state index is 12.4. The van der Waals surface area contributed by atoms with Gasteiger partial charge in [0.2, 0.25) is 11.8 Å². The molecule has 0 atom stereocenters. The number of nitrogens with zero attached hydrogens (tertiary/aromatic N) is 3. The van der Waals surface area contributed by atoms with Gasteiger partial charge < -0.3 is 15.4 Å². The number of aromatic nitrogens is 2. The molecule has 0 radical (unpaired) electrons. The van der Waals surface area contributed by atoms with Crippen LogP contribution >= 0.6 is 11.6 Å². The molecule has 2 heterocycles. The lowest BCUT2D eigenvalue weighted by molar-refractivity contribution is -0.118. The van der Waals surface area contributed by atoms with Crippen LogP contribution < -0.4 is 20.9 Å². The summed E-state index contributed by atoms with van der Waals surface area (Å²) in [5, 5.41) is 9.74. The lowest BCUT2D eigenvalue weighted by Gasteiger charge is -2.17. The third-order valence-corrected chi connectivity index (χ3v) is 5.58. The molecule has 2 N–H and O–H groups in total. The maximum absolute atomic E-state index is 12.4. The molecule has 0 saturated carbocycles. The summed E-state index contributed by atoms with van der Waals surface area (Å²) in [5.74, 6) is -0.0551. The van der Waals surface area contributed by atoms with Gasteiger partial charge in [0.1, 0.15) is 6.54 Å². The second kappa shape index (κ2) is 8.14. The number of halogens is 1. The SMILES string of the molecule is CC(C)c1cc(Oc2c(Cl)cc(NC(=O)C3=NCC(=O)N3)c3c2CCC3)nn(C)c1=O. The minimum Gasteiger partial charge on any atom is -0.436 e. The van der Waals surface area contributed by atoms with Crippen LogP contribution in [-0.2, 0) is 29.5 Å². The zero-order valence-electron chi connectivity index (χ0n) is 17.4. The minimum atomic E-state index is -0.494. The van der Waals surface area contributed by atoms with Gasteiger partial charge in [-0.25, -0.2) is 4.68 Å². The van der Waals surface area contributed by atoms with Gasteiger partial charge in [-0.1, -0.05) is 25.4 Å². The fourth-order valence-electron chi connectivity index (χ4n) is 3.78. The Hall–Kier alpha value is -3.20. The predicted octanol–water partition coefficient (Wildman–Crippen LogP) is 2.30. The molecule has 0 spiro atoms. The number of rotatable bonds is 5. The van der Waals surface area contributed by atoms with E-state index in [0.717, 1.165) is 30.4 Å². The lowest BCUT2D eigenvalue weighted by Crippen LogP contribution is -2.35. The van der Waals surface area contributed by atoms with Crippen LogP contribution in [0.3, 0.4) is 0 Å². The van der Waals surface area contributed by atoms with Crippen molar-refractivity contribution in [1.82, 2.24) is 15.1 Å². The molecule has 31 heavy (non-hydrogen) atoms. The van der Waals surface area contributed by atoms with Crippen molar-refractivity contribution in [3.8, 4) is 11.6 Å². The Kier molecular flexibility index (Phi) is 5.53. The van der Waals surface area contributed by atoms with Crippen molar-refractivity contribution >= 4 is 34.9 Å². The molecule has 2 amide bonds. The monoisotopic (exact) mass is 443 g/mol. The Labute approximate surface area is 183 Å². The van der Waals surface area contributed by atoms with E-state index in [9.17, 15) is 14.4 Å². The number of carbonyl (C=O) groups excluding carboxylic acids is 2. The van der Waals surface area contributed by atoms with Crippen molar-refractivity contribution in [1.29, 1.82) is 0 Å². The number of aryl methyl sites for hydroxylation is 1. The van der Waals surface area contributed by atoms with E-state index >= 15 is 0 Å². The predicted molar refractivity (Wildman–Crippen MR) is 116 cm³/mol. The second-order valence-corrected chi connectivity index (χ2v) is 8.24. The molecule has 9 nitrogen and oxygen atoms in total. The van der Waals surface area contributed by atoms with Crippen LogP contribution in [0.4, 0.5) is 5.69 Å². The number of hydrogen-bond acceptors (Lipinski definition) is 6. The molecule has 4 rings (SSSR count). The minimum absolute atomic E-state index is 0.0104. The molecule has 1 aliphatic heterocycles. The average molecular weight is 444 g/mol. The molecule has 2 aliphatic rings. The van der Waals surface area contributed by atoms with Crippen LogP contribution in [0.15, 0.2) is 21.9 Å². The van der Waals surface area contributed by atoms with Gasteiger partial charge in [0.15, 0.2) is 11.6 Å². The molecule has 0 unspecified atom stereocenters. The molecule has 0 bridgehead atoms. The first-order chi connectivity index (χ1) is 14.7. The summed E-state index contributed by atoms with van der Waals surface area (Å²) in [6.07, 6.45) is 2.36. The fourth-order valence-corrected chi connectivity index (χ4v) is 4.04. The summed E-state index contributed by atoms with van der Waals surface area (Å²) >= 11 is 6.53. The summed E-state index contributed by atoms with van der Waals surface area (Å²) in [6.45, 7) is 3.80. The van der Waals surface area contributed by atoms with Gasteiger partial charge in [-0.05, 0) is 36.8 Å². The van der Waals surface area contributed by atoms with Crippen molar-refractivity contribution in [2.24, 2.45) is 12.0 Å². The van der Waals surface area contributed by atoms with Gasteiger partial charge in [-0.15, -0.1) is 5.10 Å². The van der Waals surface area contributed by atoms with Crippen molar-refractivity contribution in [3.05, 3.63) is 44.2 Å². The Bertz CT molecular complexity index is 1190. The summed E-state index contributed by atoms with van der Waals surface area (Å²) in [5.41, 5.74) is 2.81. The lowest BCUT2D eigenvalue weighted by atomic mass is 10.1. The number of anilines is 1. The van der Waals surface area contributed by atoms with Gasteiger partial charge in [-0.2, -0.15) is 0 Å². The molecule has 1 aliphatic carbocycles. The Morgan fingerprint density at radius 1 is 1.26 bits per heavy atom. The smallest absolute Gasteiger partial charge is 0.291 e. The highest BCUT2D eigenvalue weighted by atomic mass is 35.5. The number of ether oxygens (including phenoxy) is 1. The van der Waals surface area contributed by atoms with Gasteiger partial charge in [0.05, 0.1) is 5.02 Å². The number of amidine groups is 1. The number of nitrogens with one attached hydrogen (secondary N) is 2. The summed E-state index contributed by atoms with van der Waals surface area (Å²) in [4.78, 5) is 39.9. The topological polar surface area (TPSA) is 115 Å². The van der Waals surface area contributed by atoms with Crippen LogP contribution in [0, 0.1) is 0 Å². The van der Waals surface area contributed by atoms with E-state index in [-0.39, 0.29) is 35.6 Å². The molecule has 2 aromatic rings. The fraction of sp³-hybridized carbons (Fsp3) is 0.381. The van der Waals surface area contributed by atoms with E-state index in [2.05, 4.69) is 20.7 Å². The van der Waals surface area contributed by atoms with Crippen molar-refractivity contribution in [2.75, 3.05) is 11.9 Å². The summed E-state index contributed by atoms with van der Waals surface area (Å²) < 4.78 is 7.31. The normalized spacial score (nSPS) is 15.0. The number of fused-ring (bicyclic) bond motifs is 1. The molecule has 1 aromatic heterocycles. The highest BCUT2D eigenvalue weighted by Gasteiger charge is 2.27. The number of benzene rings is 1. The second-order valence-electron chi connectivity index (χ2n) is 7.84. The van der Waals surface area contributed by atoms with E-state index < -0.39 is 5.91 Å². The van der Waals surface area contributed by atoms with E-state index in [1.165, 1.54) is 4.68 Å². The van der Waals surface area contributed by atoms with Crippen molar-refractivity contribution < 1.29 is 14.3 Å². The van der Waals surface area contributed by atoms with Crippen LogP contribution in [0.1, 0.15) is 42.9 Å². The van der Waals surface area contributed by atoms with Gasteiger partial charge in [0.25, 0.3) is 11.5 Å². The molecule has 0 saturated heterocycles. The highest BCUT2D eigenvalue weighted by Crippen LogP contribution is 2.43. The van der Waals surface area contributed by atoms with Crippen LogP contribution in [-0.4, -0.2) is 34.0 Å². The van der Waals surface area contributed by atoms with Crippen LogP contribution in [0.2, 0.25) is 5.02 Å². The van der Waals surface area contributed by atoms with Gasteiger partial charge in [-0.3, -0.25) is 19.4 Å². The highest BCUT2D eigenvalue weighted by molar-refractivity contribution is 6.45. The number of aliphatic imine (C=N–C) groups is 1. The molecule has 1 aromatic carbocycles. The number of hydrogen-bond donors (Lipinski definition) is 2. The summed E-state index contributed by atoms with van der Waals surface area (Å²) in [6, 6.07) is 3.27. The average Bonchev–Trinajstić information content (AvgIpc) is 3.36. The van der Waals surface area contributed by atoms with Crippen molar-refractivity contribution in [2.45, 2.75) is 39.0 Å². The molecule has 0 fully saturated rings. The molecule has 162 valence electrons. The van der Waals surface area contributed by atoms with E-state index in [4.69, 9.17) is 16.3 Å². The largest absolute Gasteiger partial charge is 0.436 e. The quantitative estimate of drug-likeness (QED) is 0.735. The Morgan fingerprint density at radius 3 is 2.68 bits per heavy atom. The van der Waals surface area contributed by atoms with E-state index in [0.29, 0.717) is 22.0 Å². The first-order valence-corrected chi connectivity index (χ1v) is 10.4. The van der Waals surface area contributed by atoms with Crippen molar-refractivity contribution in [3.63, 3.8) is 0 Å². The van der Waals surface area contributed by atoms with E-state index in [1.807, 2.05) is 13.8 Å². The first-order valence-electron chi connectivity index (χ1n) is 10.0. The maximum Gasteiger partial charge on any atom is 0.291 e. The number of carbonyl (C=O) groups is 2. The van der Waals surface area contributed by atoms with Crippen LogP contribution in [0.5, 0.6) is 11.6 Å².